The van der Waals surface area contributed by atoms with E-state index in [0.29, 0.717) is 5.56 Å². The molecule has 0 aliphatic rings. The molecule has 5 heteroatoms. The van der Waals surface area contributed by atoms with Gasteiger partial charge in [-0.15, -0.1) is 0 Å². The number of rotatable bonds is 4. The summed E-state index contributed by atoms with van der Waals surface area (Å²) < 4.78 is 15.0. The highest BCUT2D eigenvalue weighted by Crippen LogP contribution is 2.45. The minimum absolute atomic E-state index is 0.0899. The molecule has 16 heavy (non-hydrogen) atoms. The van der Waals surface area contributed by atoms with Gasteiger partial charge in [0.2, 0.25) is 11.5 Å². The number of hydrogen-bond acceptors (Lipinski definition) is 5. The smallest absolute Gasteiger partial charge is 0.207 e. The van der Waals surface area contributed by atoms with E-state index in [1.54, 1.807) is 0 Å². The molecule has 0 amide bonds. The van der Waals surface area contributed by atoms with Crippen molar-refractivity contribution in [3.05, 3.63) is 11.6 Å². The van der Waals surface area contributed by atoms with E-state index >= 15 is 0 Å². The van der Waals surface area contributed by atoms with E-state index in [1.807, 2.05) is 0 Å². The lowest BCUT2D eigenvalue weighted by molar-refractivity contribution is 0.101. The molecular formula is C11H14O5. The van der Waals surface area contributed by atoms with Crippen LogP contribution in [0.5, 0.6) is 23.0 Å². The minimum Gasteiger partial charge on any atom is -0.502 e. The van der Waals surface area contributed by atoms with Crippen molar-refractivity contribution >= 4 is 5.78 Å². The number of benzene rings is 1. The van der Waals surface area contributed by atoms with Crippen LogP contribution in [0.25, 0.3) is 0 Å². The summed E-state index contributed by atoms with van der Waals surface area (Å²) in [5, 5.41) is 9.77. The SMILES string of the molecule is COc1cc(C(C)=O)c(OC)c(OC)c1O. The maximum Gasteiger partial charge on any atom is 0.207 e. The van der Waals surface area contributed by atoms with Gasteiger partial charge >= 0.3 is 0 Å². The Hall–Kier alpha value is -1.91. The van der Waals surface area contributed by atoms with Crippen molar-refractivity contribution in [3.63, 3.8) is 0 Å². The predicted molar refractivity (Wildman–Crippen MR) is 57.8 cm³/mol. The van der Waals surface area contributed by atoms with Crippen LogP contribution in [0.1, 0.15) is 17.3 Å². The Morgan fingerprint density at radius 2 is 1.69 bits per heavy atom. The number of Topliss-reactive ketones (excluding diaryl/α,β-unsaturated/α-hetero) is 1. The van der Waals surface area contributed by atoms with Crippen LogP contribution in [0.3, 0.4) is 0 Å². The fourth-order valence-electron chi connectivity index (χ4n) is 1.42. The maximum absolute atomic E-state index is 11.4. The van der Waals surface area contributed by atoms with Gasteiger partial charge in [-0.2, -0.15) is 0 Å². The summed E-state index contributed by atoms with van der Waals surface area (Å²) in [6, 6.07) is 1.42. The molecule has 0 heterocycles. The highest BCUT2D eigenvalue weighted by molar-refractivity contribution is 5.99. The number of carbonyl (C=O) groups excluding carboxylic acids is 1. The van der Waals surface area contributed by atoms with E-state index in [4.69, 9.17) is 14.2 Å². The van der Waals surface area contributed by atoms with Crippen LogP contribution < -0.4 is 14.2 Å². The average Bonchev–Trinajstić information content (AvgIpc) is 2.27. The van der Waals surface area contributed by atoms with Crippen LogP contribution in [0.2, 0.25) is 0 Å². The largest absolute Gasteiger partial charge is 0.502 e. The lowest BCUT2D eigenvalue weighted by Crippen LogP contribution is -2.02. The van der Waals surface area contributed by atoms with Crippen LogP contribution in [-0.2, 0) is 0 Å². The van der Waals surface area contributed by atoms with Crippen LogP contribution >= 0.6 is 0 Å². The monoisotopic (exact) mass is 226 g/mol. The molecule has 0 aromatic heterocycles. The predicted octanol–water partition coefficient (Wildman–Crippen LogP) is 1.62. The summed E-state index contributed by atoms with van der Waals surface area (Å²) in [5.74, 6) is 0.0727. The number of phenolic OH excluding ortho intramolecular Hbond substituents is 1. The molecule has 0 radical (unpaired) electrons. The van der Waals surface area contributed by atoms with Gasteiger partial charge in [-0.05, 0) is 13.0 Å². The van der Waals surface area contributed by atoms with Gasteiger partial charge in [0.15, 0.2) is 17.3 Å². The van der Waals surface area contributed by atoms with Crippen molar-refractivity contribution in [2.24, 2.45) is 0 Å². The van der Waals surface area contributed by atoms with Crippen molar-refractivity contribution in [1.29, 1.82) is 0 Å². The van der Waals surface area contributed by atoms with E-state index in [-0.39, 0.29) is 28.8 Å². The van der Waals surface area contributed by atoms with Gasteiger partial charge in [0.1, 0.15) is 0 Å². The summed E-state index contributed by atoms with van der Waals surface area (Å²) in [7, 11) is 4.17. The fourth-order valence-corrected chi connectivity index (χ4v) is 1.42. The van der Waals surface area contributed by atoms with Crippen LogP contribution in [-0.4, -0.2) is 32.2 Å². The van der Waals surface area contributed by atoms with E-state index in [0.717, 1.165) is 0 Å². The van der Waals surface area contributed by atoms with Gasteiger partial charge in [-0.25, -0.2) is 0 Å². The van der Waals surface area contributed by atoms with Crippen LogP contribution in [0.4, 0.5) is 0 Å². The first kappa shape index (κ1) is 12.2. The molecule has 0 aliphatic carbocycles. The molecule has 0 saturated heterocycles. The third kappa shape index (κ3) is 1.88. The molecule has 1 rings (SSSR count). The molecule has 0 bridgehead atoms. The van der Waals surface area contributed by atoms with Gasteiger partial charge in [0.25, 0.3) is 0 Å². The number of aromatic hydroxyl groups is 1. The zero-order chi connectivity index (χ0) is 12.3. The number of ether oxygens (including phenoxy) is 3. The Labute approximate surface area is 93.6 Å². The molecule has 1 aromatic carbocycles. The molecule has 1 aromatic rings. The van der Waals surface area contributed by atoms with Gasteiger partial charge < -0.3 is 19.3 Å². The zero-order valence-corrected chi connectivity index (χ0v) is 9.66. The highest BCUT2D eigenvalue weighted by Gasteiger charge is 2.22. The number of methoxy groups -OCH3 is 3. The van der Waals surface area contributed by atoms with Crippen molar-refractivity contribution in [2.75, 3.05) is 21.3 Å². The number of hydrogen-bond donors (Lipinski definition) is 1. The minimum atomic E-state index is -0.201. The Bertz CT molecular complexity index is 411. The normalized spacial score (nSPS) is 9.75. The first-order chi connectivity index (χ1) is 7.56. The summed E-state index contributed by atoms with van der Waals surface area (Å²) >= 11 is 0. The van der Waals surface area contributed by atoms with Crippen molar-refractivity contribution in [1.82, 2.24) is 0 Å². The molecule has 0 fully saturated rings. The summed E-state index contributed by atoms with van der Waals surface area (Å²) in [5.41, 5.74) is 0.300. The van der Waals surface area contributed by atoms with Crippen LogP contribution in [0, 0.1) is 0 Å². The summed E-state index contributed by atoms with van der Waals surface area (Å²) in [6.07, 6.45) is 0. The zero-order valence-electron chi connectivity index (χ0n) is 9.66. The molecule has 88 valence electrons. The summed E-state index contributed by atoms with van der Waals surface area (Å²) in [6.45, 7) is 1.40. The standard InChI is InChI=1S/C11H14O5/c1-6(12)7-5-8(14-2)9(13)11(16-4)10(7)15-3/h5,13H,1-4H3. The van der Waals surface area contributed by atoms with E-state index < -0.39 is 0 Å². The Balaban J connectivity index is 3.56. The van der Waals surface area contributed by atoms with E-state index in [1.165, 1.54) is 34.3 Å². The van der Waals surface area contributed by atoms with Gasteiger partial charge in [0, 0.05) is 0 Å². The molecule has 5 nitrogen and oxygen atoms in total. The third-order valence-corrected chi connectivity index (χ3v) is 2.18. The Kier molecular flexibility index (Phi) is 3.60. The van der Waals surface area contributed by atoms with Gasteiger partial charge in [-0.1, -0.05) is 0 Å². The lowest BCUT2D eigenvalue weighted by atomic mass is 10.1. The number of ketones is 1. The topological polar surface area (TPSA) is 65.0 Å². The lowest BCUT2D eigenvalue weighted by Gasteiger charge is -2.15. The first-order valence-electron chi connectivity index (χ1n) is 4.59. The van der Waals surface area contributed by atoms with Gasteiger partial charge in [0.05, 0.1) is 26.9 Å². The van der Waals surface area contributed by atoms with Crippen LogP contribution in [0.15, 0.2) is 6.07 Å². The Morgan fingerprint density at radius 3 is 2.06 bits per heavy atom. The molecular weight excluding hydrogens is 212 g/mol. The molecule has 0 atom stereocenters. The Morgan fingerprint density at radius 1 is 1.12 bits per heavy atom. The third-order valence-electron chi connectivity index (χ3n) is 2.18. The van der Waals surface area contributed by atoms with Crippen molar-refractivity contribution in [3.8, 4) is 23.0 Å². The second kappa shape index (κ2) is 4.74. The number of phenols is 1. The highest BCUT2D eigenvalue weighted by atomic mass is 16.5. The van der Waals surface area contributed by atoms with Gasteiger partial charge in [-0.3, -0.25) is 4.79 Å². The molecule has 1 N–H and O–H groups in total. The van der Waals surface area contributed by atoms with E-state index in [9.17, 15) is 9.90 Å². The molecule has 0 spiro atoms. The first-order valence-corrected chi connectivity index (χ1v) is 4.59. The second-order valence-corrected chi connectivity index (χ2v) is 3.10. The quantitative estimate of drug-likeness (QED) is 0.790. The second-order valence-electron chi connectivity index (χ2n) is 3.10. The van der Waals surface area contributed by atoms with E-state index in [2.05, 4.69) is 0 Å². The maximum atomic E-state index is 11.4. The molecule has 0 saturated carbocycles. The summed E-state index contributed by atoms with van der Waals surface area (Å²) in [4.78, 5) is 11.4. The number of carbonyl (C=O) groups is 1. The molecule has 0 unspecified atom stereocenters. The molecule has 0 aliphatic heterocycles. The average molecular weight is 226 g/mol. The van der Waals surface area contributed by atoms with Crippen molar-refractivity contribution in [2.45, 2.75) is 6.92 Å². The van der Waals surface area contributed by atoms with Crippen molar-refractivity contribution < 1.29 is 24.1 Å². The fraction of sp³-hybridized carbons (Fsp3) is 0.364.